The van der Waals surface area contributed by atoms with Crippen LogP contribution in [0.2, 0.25) is 0 Å². The maximum atomic E-state index is 14.7. The van der Waals surface area contributed by atoms with Gasteiger partial charge in [-0.2, -0.15) is 0 Å². The normalized spacial score (nSPS) is 12.1. The molecule has 3 nitrogen and oxygen atoms in total. The lowest BCUT2D eigenvalue weighted by Gasteiger charge is -2.18. The summed E-state index contributed by atoms with van der Waals surface area (Å²) in [6, 6.07) is 22.7. The molecule has 1 atom stereocenters. The lowest BCUT2D eigenvalue weighted by atomic mass is 9.87. The second-order valence-corrected chi connectivity index (χ2v) is 7.48. The number of rotatable bonds is 7. The zero-order valence-electron chi connectivity index (χ0n) is 17.0. The van der Waals surface area contributed by atoms with Gasteiger partial charge in [0, 0.05) is 36.0 Å². The van der Waals surface area contributed by atoms with Crippen LogP contribution >= 0.6 is 0 Å². The number of aromatic amines is 1. The van der Waals surface area contributed by atoms with Crippen LogP contribution in [0.4, 0.5) is 4.39 Å². The molecule has 1 heterocycles. The number of carbonyl (C=O) groups is 1. The number of para-hydroxylation sites is 1. The predicted octanol–water partition coefficient (Wildman–Crippen LogP) is 5.71. The molecule has 4 heteroatoms. The SMILES string of the molecule is CCc1cccc2c([C@H](CC(=O)NCc3ccccc3)c3ccccc3F)c[nH]c12. The highest BCUT2D eigenvalue weighted by atomic mass is 19.1. The summed E-state index contributed by atoms with van der Waals surface area (Å²) < 4.78 is 14.7. The summed E-state index contributed by atoms with van der Waals surface area (Å²) in [5.74, 6) is -0.768. The average Bonchev–Trinajstić information content (AvgIpc) is 3.21. The number of nitrogens with one attached hydrogen (secondary N) is 2. The minimum absolute atomic E-state index is 0.104. The van der Waals surface area contributed by atoms with E-state index in [4.69, 9.17) is 0 Å². The standard InChI is InChI=1S/C26H25FN2O/c1-2-19-11-8-13-21-23(17-29-26(19)21)22(20-12-6-7-14-24(20)27)15-25(30)28-16-18-9-4-3-5-10-18/h3-14,17,22,29H,2,15-16H2,1H3,(H,28,30)/t22-/m1/s1. The molecule has 3 aromatic carbocycles. The molecule has 0 radical (unpaired) electrons. The Morgan fingerprint density at radius 1 is 0.967 bits per heavy atom. The van der Waals surface area contributed by atoms with Gasteiger partial charge in [0.15, 0.2) is 0 Å². The Bertz CT molecular complexity index is 1150. The van der Waals surface area contributed by atoms with Crippen molar-refractivity contribution in [3.8, 4) is 0 Å². The molecule has 4 rings (SSSR count). The van der Waals surface area contributed by atoms with Crippen LogP contribution in [0.1, 0.15) is 41.5 Å². The maximum Gasteiger partial charge on any atom is 0.221 e. The van der Waals surface area contributed by atoms with E-state index in [1.807, 2.05) is 54.7 Å². The van der Waals surface area contributed by atoms with Crippen LogP contribution in [0, 0.1) is 5.82 Å². The fourth-order valence-corrected chi connectivity index (χ4v) is 4.02. The van der Waals surface area contributed by atoms with Gasteiger partial charge >= 0.3 is 0 Å². The topological polar surface area (TPSA) is 44.9 Å². The van der Waals surface area contributed by atoms with Gasteiger partial charge in [-0.15, -0.1) is 0 Å². The third-order valence-corrected chi connectivity index (χ3v) is 5.59. The Labute approximate surface area is 176 Å². The number of carbonyl (C=O) groups excluding carboxylic acids is 1. The summed E-state index contributed by atoms with van der Waals surface area (Å²) in [4.78, 5) is 16.2. The third kappa shape index (κ3) is 4.13. The first-order valence-electron chi connectivity index (χ1n) is 10.3. The van der Waals surface area contributed by atoms with E-state index in [0.717, 1.165) is 28.5 Å². The number of hydrogen-bond donors (Lipinski definition) is 2. The van der Waals surface area contributed by atoms with Gasteiger partial charge < -0.3 is 10.3 Å². The van der Waals surface area contributed by atoms with Crippen molar-refractivity contribution < 1.29 is 9.18 Å². The molecule has 2 N–H and O–H groups in total. The summed E-state index contributed by atoms with van der Waals surface area (Å²) in [6.45, 7) is 2.57. The van der Waals surface area contributed by atoms with Gasteiger partial charge in [-0.05, 0) is 34.7 Å². The summed E-state index contributed by atoms with van der Waals surface area (Å²) in [5, 5.41) is 4.02. The minimum Gasteiger partial charge on any atom is -0.361 e. The van der Waals surface area contributed by atoms with E-state index >= 15 is 0 Å². The second-order valence-electron chi connectivity index (χ2n) is 7.48. The smallest absolute Gasteiger partial charge is 0.221 e. The van der Waals surface area contributed by atoms with Crippen LogP contribution in [0.3, 0.4) is 0 Å². The molecule has 0 aliphatic heterocycles. The van der Waals surface area contributed by atoms with Gasteiger partial charge in [0.05, 0.1) is 0 Å². The highest BCUT2D eigenvalue weighted by Crippen LogP contribution is 2.35. The van der Waals surface area contributed by atoms with Crippen molar-refractivity contribution >= 4 is 16.8 Å². The van der Waals surface area contributed by atoms with Crippen molar-refractivity contribution in [2.75, 3.05) is 0 Å². The number of hydrogen-bond acceptors (Lipinski definition) is 1. The Morgan fingerprint density at radius 3 is 2.50 bits per heavy atom. The van der Waals surface area contributed by atoms with E-state index in [1.165, 1.54) is 11.6 Å². The molecule has 1 amide bonds. The largest absolute Gasteiger partial charge is 0.361 e. The van der Waals surface area contributed by atoms with Gasteiger partial charge in [-0.25, -0.2) is 4.39 Å². The van der Waals surface area contributed by atoms with Crippen LogP contribution in [0.5, 0.6) is 0 Å². The summed E-state index contributed by atoms with van der Waals surface area (Å²) in [7, 11) is 0. The maximum absolute atomic E-state index is 14.7. The zero-order chi connectivity index (χ0) is 20.9. The lowest BCUT2D eigenvalue weighted by molar-refractivity contribution is -0.121. The van der Waals surface area contributed by atoms with Crippen molar-refractivity contribution in [3.63, 3.8) is 0 Å². The molecule has 152 valence electrons. The number of halogens is 1. The molecule has 0 unspecified atom stereocenters. The number of aryl methyl sites for hydroxylation is 1. The molecule has 0 aliphatic carbocycles. The summed E-state index contributed by atoms with van der Waals surface area (Å²) in [5.41, 5.74) is 4.78. The number of benzene rings is 3. The van der Waals surface area contributed by atoms with E-state index in [9.17, 15) is 9.18 Å². The molecular formula is C26H25FN2O. The van der Waals surface area contributed by atoms with Crippen LogP contribution < -0.4 is 5.32 Å². The predicted molar refractivity (Wildman–Crippen MR) is 119 cm³/mol. The van der Waals surface area contributed by atoms with Crippen molar-refractivity contribution in [2.45, 2.75) is 32.2 Å². The molecule has 0 spiro atoms. The van der Waals surface area contributed by atoms with Crippen LogP contribution in [0.25, 0.3) is 10.9 Å². The number of amides is 1. The molecule has 0 saturated carbocycles. The van der Waals surface area contributed by atoms with Crippen molar-refractivity contribution in [1.82, 2.24) is 10.3 Å². The van der Waals surface area contributed by atoms with E-state index in [2.05, 4.69) is 23.3 Å². The average molecular weight is 400 g/mol. The minimum atomic E-state index is -0.372. The van der Waals surface area contributed by atoms with Gasteiger partial charge in [0.1, 0.15) is 5.82 Å². The first-order chi connectivity index (χ1) is 14.7. The first kappa shape index (κ1) is 19.9. The van der Waals surface area contributed by atoms with Crippen LogP contribution in [0.15, 0.2) is 79.0 Å². The van der Waals surface area contributed by atoms with Crippen molar-refractivity contribution in [1.29, 1.82) is 0 Å². The fraction of sp³-hybridized carbons (Fsp3) is 0.192. The van der Waals surface area contributed by atoms with Crippen LogP contribution in [-0.4, -0.2) is 10.9 Å². The number of fused-ring (bicyclic) bond motifs is 1. The molecule has 0 aliphatic rings. The highest BCUT2D eigenvalue weighted by molar-refractivity contribution is 5.88. The number of H-pyrrole nitrogens is 1. The van der Waals surface area contributed by atoms with Gasteiger partial charge in [0.2, 0.25) is 5.91 Å². The fourth-order valence-electron chi connectivity index (χ4n) is 4.02. The zero-order valence-corrected chi connectivity index (χ0v) is 17.0. The van der Waals surface area contributed by atoms with Crippen molar-refractivity contribution in [3.05, 3.63) is 107 Å². The Kier molecular flexibility index (Phi) is 5.94. The number of aromatic nitrogens is 1. The molecule has 4 aromatic rings. The molecular weight excluding hydrogens is 375 g/mol. The molecule has 0 bridgehead atoms. The lowest BCUT2D eigenvalue weighted by Crippen LogP contribution is -2.25. The second kappa shape index (κ2) is 8.95. The summed E-state index contributed by atoms with van der Waals surface area (Å²) >= 11 is 0. The van der Waals surface area contributed by atoms with Crippen molar-refractivity contribution in [2.24, 2.45) is 0 Å². The van der Waals surface area contributed by atoms with Gasteiger partial charge in [0.25, 0.3) is 0 Å². The monoisotopic (exact) mass is 400 g/mol. The molecule has 30 heavy (non-hydrogen) atoms. The highest BCUT2D eigenvalue weighted by Gasteiger charge is 2.24. The van der Waals surface area contributed by atoms with E-state index in [1.54, 1.807) is 12.1 Å². The Hall–Kier alpha value is -3.40. The molecule has 0 fully saturated rings. The molecule has 0 saturated heterocycles. The van der Waals surface area contributed by atoms with E-state index in [0.29, 0.717) is 12.1 Å². The van der Waals surface area contributed by atoms with E-state index in [-0.39, 0.29) is 24.1 Å². The first-order valence-corrected chi connectivity index (χ1v) is 10.3. The summed E-state index contributed by atoms with van der Waals surface area (Å²) in [6.07, 6.45) is 3.00. The Morgan fingerprint density at radius 2 is 1.73 bits per heavy atom. The van der Waals surface area contributed by atoms with Gasteiger partial charge in [-0.3, -0.25) is 4.79 Å². The third-order valence-electron chi connectivity index (χ3n) is 5.59. The van der Waals surface area contributed by atoms with E-state index < -0.39 is 0 Å². The quantitative estimate of drug-likeness (QED) is 0.410. The van der Waals surface area contributed by atoms with Crippen LogP contribution in [-0.2, 0) is 17.8 Å². The van der Waals surface area contributed by atoms with Gasteiger partial charge in [-0.1, -0.05) is 73.7 Å². The Balaban J connectivity index is 1.66. The molecule has 1 aromatic heterocycles.